The van der Waals surface area contributed by atoms with E-state index in [0.717, 1.165) is 20.9 Å². The Labute approximate surface area is 389 Å². The molecule has 0 spiro atoms. The summed E-state index contributed by atoms with van der Waals surface area (Å²) in [5, 5.41) is 41.9. The lowest BCUT2D eigenvalue weighted by Crippen LogP contribution is -2.62. The molecule has 0 aromatic heterocycles. The van der Waals surface area contributed by atoms with Gasteiger partial charge in [0.05, 0.1) is 13.2 Å². The number of likely N-dealkylation sites (N-methyl/N-ethyl adjacent to an activating group) is 4. The Morgan fingerprint density at radius 2 is 0.985 bits per heavy atom. The summed E-state index contributed by atoms with van der Waals surface area (Å²) in [6.45, 7) is 4.77. The standard InChI is InChI=1S/C27H30N2O6.C24H26N2O6/c1-26(2)34-17-22(35-26)20-12-8-18(9-13-20)6-7-19-10-14-21(15-11-19)24(32)29(5)27(3,23(31)16-30)25(33)28-4;1-24(21(30)15-28,23(32)25-2)26(3)22(31)19-12-8-17(9-13-19)5-4-16-6-10-18(11-7-16)20(29)14-27/h8-15,22,30H,16-17H2,1-5H3,(H,28,33);6-13,20,27-29H,14-15H2,1-3H3,(H,25,32)/t22-,27-;20-,24-/m11/s1. The molecule has 4 atom stereocenters. The number of amides is 4. The molecule has 4 aromatic carbocycles. The minimum atomic E-state index is -1.85. The summed E-state index contributed by atoms with van der Waals surface area (Å²) in [4.78, 5) is 77.0. The molecule has 1 heterocycles. The minimum Gasteiger partial charge on any atom is -0.393 e. The molecular formula is C51H56N4O12. The topological polar surface area (TPSA) is 232 Å². The number of rotatable bonds is 13. The van der Waals surface area contributed by atoms with Crippen LogP contribution in [0.2, 0.25) is 0 Å². The van der Waals surface area contributed by atoms with Crippen LogP contribution in [-0.4, -0.2) is 137 Å². The first kappa shape index (κ1) is 52.6. The number of carbonyl (C=O) groups is 6. The maximum absolute atomic E-state index is 13.0. The molecule has 0 aliphatic carbocycles. The molecule has 0 saturated carbocycles. The van der Waals surface area contributed by atoms with Gasteiger partial charge in [-0.15, -0.1) is 0 Å². The number of ketones is 2. The summed E-state index contributed by atoms with van der Waals surface area (Å²) in [6, 6.07) is 27.5. The van der Waals surface area contributed by atoms with Crippen LogP contribution in [0.1, 0.15) is 94.0 Å². The number of hydrogen-bond donors (Lipinski definition) is 6. The van der Waals surface area contributed by atoms with Crippen molar-refractivity contribution in [2.24, 2.45) is 0 Å². The second kappa shape index (κ2) is 22.9. The molecule has 5 rings (SSSR count). The van der Waals surface area contributed by atoms with Crippen molar-refractivity contribution >= 4 is 35.2 Å². The smallest absolute Gasteiger partial charge is 0.254 e. The van der Waals surface area contributed by atoms with E-state index < -0.39 is 71.4 Å². The van der Waals surface area contributed by atoms with Gasteiger partial charge in [0, 0.05) is 61.6 Å². The van der Waals surface area contributed by atoms with Gasteiger partial charge in [0.25, 0.3) is 23.6 Å². The first-order chi connectivity index (χ1) is 31.7. The van der Waals surface area contributed by atoms with E-state index in [1.165, 1.54) is 54.2 Å². The Morgan fingerprint density at radius 1 is 0.642 bits per heavy atom. The third-order valence-corrected chi connectivity index (χ3v) is 11.4. The van der Waals surface area contributed by atoms with Gasteiger partial charge >= 0.3 is 0 Å². The van der Waals surface area contributed by atoms with Gasteiger partial charge in [0.1, 0.15) is 25.4 Å². The van der Waals surface area contributed by atoms with Crippen LogP contribution >= 0.6 is 0 Å². The third kappa shape index (κ3) is 12.5. The molecule has 0 unspecified atom stereocenters. The van der Waals surface area contributed by atoms with E-state index in [9.17, 15) is 44.1 Å². The number of hydrogen-bond acceptors (Lipinski definition) is 12. The Hall–Kier alpha value is -7.02. The third-order valence-electron chi connectivity index (χ3n) is 11.4. The van der Waals surface area contributed by atoms with Gasteiger partial charge in [-0.1, -0.05) is 47.9 Å². The maximum atomic E-state index is 13.0. The molecule has 352 valence electrons. The van der Waals surface area contributed by atoms with Crippen molar-refractivity contribution in [2.75, 3.05) is 54.6 Å². The molecule has 1 aliphatic heterocycles. The number of Topliss-reactive ketones (excluding diaryl/α,β-unsaturated/α-hetero) is 2. The van der Waals surface area contributed by atoms with E-state index >= 15 is 0 Å². The van der Waals surface area contributed by atoms with E-state index in [1.807, 2.05) is 38.1 Å². The molecule has 6 N–H and O–H groups in total. The molecule has 16 nitrogen and oxygen atoms in total. The van der Waals surface area contributed by atoms with Gasteiger partial charge in [0.2, 0.25) is 0 Å². The highest BCUT2D eigenvalue weighted by atomic mass is 16.7. The predicted molar refractivity (Wildman–Crippen MR) is 247 cm³/mol. The largest absolute Gasteiger partial charge is 0.393 e. The zero-order valence-corrected chi connectivity index (χ0v) is 38.7. The molecule has 1 fully saturated rings. The molecule has 0 radical (unpaired) electrons. The number of benzene rings is 4. The van der Waals surface area contributed by atoms with Crippen LogP contribution in [0.25, 0.3) is 0 Å². The fourth-order valence-electron chi connectivity index (χ4n) is 6.73. The molecule has 4 aromatic rings. The van der Waals surface area contributed by atoms with E-state index in [2.05, 4.69) is 34.3 Å². The fraction of sp³-hybridized carbons (Fsp3) is 0.333. The highest BCUT2D eigenvalue weighted by molar-refractivity contribution is 6.15. The van der Waals surface area contributed by atoms with Gasteiger partial charge in [-0.05, 0) is 112 Å². The summed E-state index contributed by atoms with van der Waals surface area (Å²) in [5.41, 5.74) is 1.34. The number of nitrogens with zero attached hydrogens (tertiary/aromatic N) is 2. The first-order valence-corrected chi connectivity index (χ1v) is 21.0. The lowest BCUT2D eigenvalue weighted by atomic mass is 9.92. The monoisotopic (exact) mass is 916 g/mol. The Bertz CT molecular complexity index is 2520. The molecule has 1 aliphatic rings. The van der Waals surface area contributed by atoms with E-state index in [4.69, 9.17) is 14.6 Å². The molecule has 0 bridgehead atoms. The number of aliphatic hydroxyl groups excluding tert-OH is 4. The predicted octanol–water partition coefficient (Wildman–Crippen LogP) is 2.30. The maximum Gasteiger partial charge on any atom is 0.254 e. The molecule has 16 heteroatoms. The van der Waals surface area contributed by atoms with Crippen LogP contribution in [0.3, 0.4) is 0 Å². The van der Waals surface area contributed by atoms with Crippen molar-refractivity contribution in [3.8, 4) is 23.7 Å². The Balaban J connectivity index is 0.000000294. The van der Waals surface area contributed by atoms with Gasteiger partial charge in [0.15, 0.2) is 28.4 Å². The summed E-state index contributed by atoms with van der Waals surface area (Å²) >= 11 is 0. The van der Waals surface area contributed by atoms with Gasteiger partial charge < -0.3 is 50.3 Å². The van der Waals surface area contributed by atoms with E-state index in [0.29, 0.717) is 28.9 Å². The zero-order chi connectivity index (χ0) is 49.7. The van der Waals surface area contributed by atoms with Crippen molar-refractivity contribution in [1.29, 1.82) is 0 Å². The molecular weight excluding hydrogens is 861 g/mol. The van der Waals surface area contributed by atoms with Crippen LogP contribution in [0.5, 0.6) is 0 Å². The highest BCUT2D eigenvalue weighted by Gasteiger charge is 2.47. The van der Waals surface area contributed by atoms with Crippen molar-refractivity contribution in [1.82, 2.24) is 20.4 Å². The zero-order valence-electron chi connectivity index (χ0n) is 38.7. The van der Waals surface area contributed by atoms with E-state index in [-0.39, 0.29) is 23.8 Å². The second-order valence-corrected chi connectivity index (χ2v) is 16.1. The average molecular weight is 917 g/mol. The fourth-order valence-corrected chi connectivity index (χ4v) is 6.73. The van der Waals surface area contributed by atoms with E-state index in [1.54, 1.807) is 60.7 Å². The van der Waals surface area contributed by atoms with Crippen LogP contribution < -0.4 is 10.6 Å². The summed E-state index contributed by atoms with van der Waals surface area (Å²) in [6.07, 6.45) is -1.04. The van der Waals surface area contributed by atoms with Gasteiger partial charge in [-0.2, -0.15) is 0 Å². The molecule has 4 amide bonds. The van der Waals surface area contributed by atoms with Crippen LogP contribution in [0, 0.1) is 23.7 Å². The van der Waals surface area contributed by atoms with Crippen molar-refractivity contribution in [3.63, 3.8) is 0 Å². The van der Waals surface area contributed by atoms with Crippen molar-refractivity contribution < 1.29 is 58.7 Å². The second-order valence-electron chi connectivity index (χ2n) is 16.1. The first-order valence-electron chi connectivity index (χ1n) is 21.0. The number of carbonyl (C=O) groups excluding carboxylic acids is 6. The van der Waals surface area contributed by atoms with Crippen molar-refractivity contribution in [3.05, 3.63) is 142 Å². The van der Waals surface area contributed by atoms with Gasteiger partial charge in [-0.3, -0.25) is 28.8 Å². The Morgan fingerprint density at radius 3 is 1.28 bits per heavy atom. The SMILES string of the molecule is CNC(=O)[C@@](C)(C(=O)CO)N(C)C(=O)c1ccc(C#Cc2ccc([C@H](O)CO)cc2)cc1.CNC(=O)[C@@](C)(C(=O)CO)N(C)C(=O)c1ccc(C#Cc2ccc([C@H]3COC(C)(C)O3)cc2)cc1. The van der Waals surface area contributed by atoms with Crippen LogP contribution in [0.4, 0.5) is 0 Å². The number of ether oxygens (including phenoxy) is 2. The lowest BCUT2D eigenvalue weighted by molar-refractivity contribution is -0.144. The van der Waals surface area contributed by atoms with Crippen LogP contribution in [-0.2, 0) is 28.7 Å². The number of aliphatic hydroxyl groups is 4. The molecule has 1 saturated heterocycles. The summed E-state index contributed by atoms with van der Waals surface area (Å²) in [7, 11) is 5.39. The highest BCUT2D eigenvalue weighted by Crippen LogP contribution is 2.32. The summed E-state index contributed by atoms with van der Waals surface area (Å²) in [5.74, 6) is 7.45. The minimum absolute atomic E-state index is 0.104. The summed E-state index contributed by atoms with van der Waals surface area (Å²) < 4.78 is 11.5. The molecule has 67 heavy (non-hydrogen) atoms. The number of nitrogens with one attached hydrogen (secondary N) is 2. The van der Waals surface area contributed by atoms with Crippen LogP contribution in [0.15, 0.2) is 97.1 Å². The lowest BCUT2D eigenvalue weighted by Gasteiger charge is -2.35. The quantitative estimate of drug-likeness (QED) is 0.0839. The normalized spacial score (nSPS) is 15.7. The Kier molecular flexibility index (Phi) is 18.0. The van der Waals surface area contributed by atoms with Crippen molar-refractivity contribution in [2.45, 2.75) is 56.8 Å². The van der Waals surface area contributed by atoms with Gasteiger partial charge in [-0.25, -0.2) is 0 Å². The average Bonchev–Trinajstić information content (AvgIpc) is 3.74.